The van der Waals surface area contributed by atoms with Crippen molar-refractivity contribution >= 4 is 5.91 Å². The van der Waals surface area contributed by atoms with Gasteiger partial charge in [-0.25, -0.2) is 0 Å². The molecule has 0 saturated heterocycles. The van der Waals surface area contributed by atoms with Crippen LogP contribution in [0.3, 0.4) is 0 Å². The molecule has 0 aromatic heterocycles. The topological polar surface area (TPSA) is 55.1 Å². The van der Waals surface area contributed by atoms with Crippen LogP contribution in [-0.4, -0.2) is 18.0 Å². The van der Waals surface area contributed by atoms with E-state index in [-0.39, 0.29) is 11.8 Å². The van der Waals surface area contributed by atoms with Crippen molar-refractivity contribution in [1.82, 2.24) is 5.32 Å². The Bertz CT molecular complexity index is 214. The fourth-order valence-electron chi connectivity index (χ4n) is 2.34. The Balaban J connectivity index is 0.000000606. The highest BCUT2D eigenvalue weighted by molar-refractivity contribution is 5.76. The number of carbonyl (C=O) groups excluding carboxylic acids is 1. The minimum Gasteiger partial charge on any atom is -0.369 e. The first kappa shape index (κ1) is 13.5. The summed E-state index contributed by atoms with van der Waals surface area (Å²) >= 11 is 0. The quantitative estimate of drug-likeness (QED) is 0.725. The van der Waals surface area contributed by atoms with Crippen LogP contribution < -0.4 is 11.1 Å². The summed E-state index contributed by atoms with van der Waals surface area (Å²) in [5.41, 5.74) is 5.34. The van der Waals surface area contributed by atoms with Gasteiger partial charge in [0.25, 0.3) is 0 Å². The minimum absolute atomic E-state index is 0.0999. The second-order valence-corrected chi connectivity index (χ2v) is 4.75. The van der Waals surface area contributed by atoms with E-state index < -0.39 is 0 Å². The van der Waals surface area contributed by atoms with Crippen molar-refractivity contribution < 1.29 is 4.79 Å². The number of nitrogens with two attached hydrogens (primary N) is 1. The lowest BCUT2D eigenvalue weighted by Crippen LogP contribution is -2.30. The van der Waals surface area contributed by atoms with E-state index in [0.29, 0.717) is 6.04 Å². The van der Waals surface area contributed by atoms with Crippen LogP contribution in [0.2, 0.25) is 0 Å². The third-order valence-corrected chi connectivity index (χ3v) is 3.42. The molecule has 94 valence electrons. The summed E-state index contributed by atoms with van der Waals surface area (Å²) in [7, 11) is 0. The predicted molar refractivity (Wildman–Crippen MR) is 67.1 cm³/mol. The van der Waals surface area contributed by atoms with Crippen molar-refractivity contribution in [2.45, 2.75) is 70.9 Å². The Morgan fingerprint density at radius 1 is 1.00 bits per heavy atom. The molecule has 0 aliphatic heterocycles. The van der Waals surface area contributed by atoms with Crippen molar-refractivity contribution in [3.05, 3.63) is 0 Å². The summed E-state index contributed by atoms with van der Waals surface area (Å²) in [5, 5.41) is 3.64. The Hall–Kier alpha value is -0.570. The van der Waals surface area contributed by atoms with Crippen LogP contribution in [0.15, 0.2) is 0 Å². The molecule has 2 aliphatic carbocycles. The number of nitrogens with one attached hydrogen (secondary N) is 1. The van der Waals surface area contributed by atoms with E-state index in [1.54, 1.807) is 0 Å². The van der Waals surface area contributed by atoms with Gasteiger partial charge in [-0.3, -0.25) is 4.79 Å². The Morgan fingerprint density at radius 2 is 1.56 bits per heavy atom. The normalized spacial score (nSPS) is 29.9. The van der Waals surface area contributed by atoms with Gasteiger partial charge in [-0.1, -0.05) is 20.3 Å². The third-order valence-electron chi connectivity index (χ3n) is 3.42. The van der Waals surface area contributed by atoms with Crippen LogP contribution in [0.1, 0.15) is 58.8 Å². The highest BCUT2D eigenvalue weighted by Gasteiger charge is 2.27. The molecule has 0 heterocycles. The van der Waals surface area contributed by atoms with E-state index >= 15 is 0 Å². The molecule has 3 heteroatoms. The maximum Gasteiger partial charge on any atom is 0.220 e. The van der Waals surface area contributed by atoms with Crippen LogP contribution in [0.5, 0.6) is 0 Å². The summed E-state index contributed by atoms with van der Waals surface area (Å²) in [6.07, 6.45) is 8.17. The van der Waals surface area contributed by atoms with Gasteiger partial charge in [0, 0.05) is 18.0 Å². The molecule has 0 aromatic carbocycles. The summed E-state index contributed by atoms with van der Waals surface area (Å²) in [4.78, 5) is 11.1. The number of primary amides is 1. The summed E-state index contributed by atoms with van der Waals surface area (Å²) in [6, 6.07) is 1.43. The molecule has 2 rings (SSSR count). The van der Waals surface area contributed by atoms with Gasteiger partial charge >= 0.3 is 0 Å². The molecule has 2 unspecified atom stereocenters. The van der Waals surface area contributed by atoms with Gasteiger partial charge in [0.05, 0.1) is 0 Å². The molecule has 16 heavy (non-hydrogen) atoms. The SMILES string of the molecule is CC.NC(=O)C1CCCC(NC2CC2)CC1. The van der Waals surface area contributed by atoms with E-state index in [9.17, 15) is 4.79 Å². The maximum atomic E-state index is 11.1. The largest absolute Gasteiger partial charge is 0.369 e. The third kappa shape index (κ3) is 4.52. The monoisotopic (exact) mass is 226 g/mol. The zero-order valence-corrected chi connectivity index (χ0v) is 10.7. The van der Waals surface area contributed by atoms with Crippen molar-refractivity contribution in [3.8, 4) is 0 Å². The number of rotatable bonds is 3. The molecule has 2 aliphatic rings. The maximum absolute atomic E-state index is 11.1. The lowest BCUT2D eigenvalue weighted by Gasteiger charge is -2.15. The van der Waals surface area contributed by atoms with Gasteiger partial charge in [-0.2, -0.15) is 0 Å². The summed E-state index contributed by atoms with van der Waals surface area (Å²) < 4.78 is 0. The highest BCUT2D eigenvalue weighted by atomic mass is 16.1. The fourth-order valence-corrected chi connectivity index (χ4v) is 2.34. The molecule has 3 nitrogen and oxygen atoms in total. The summed E-state index contributed by atoms with van der Waals surface area (Å²) in [6.45, 7) is 4.00. The lowest BCUT2D eigenvalue weighted by atomic mass is 10.00. The van der Waals surface area contributed by atoms with Crippen molar-refractivity contribution in [2.24, 2.45) is 11.7 Å². The van der Waals surface area contributed by atoms with Crippen LogP contribution in [0.25, 0.3) is 0 Å². The number of hydrogen-bond donors (Lipinski definition) is 2. The first-order chi connectivity index (χ1) is 7.75. The Labute approximate surface area is 99.2 Å². The second kappa shape index (κ2) is 6.89. The van der Waals surface area contributed by atoms with Crippen molar-refractivity contribution in [1.29, 1.82) is 0 Å². The Kier molecular flexibility index (Phi) is 5.81. The fraction of sp³-hybridized carbons (Fsp3) is 0.923. The molecule has 2 fully saturated rings. The average Bonchev–Trinajstić information content (AvgIpc) is 3.09. The Morgan fingerprint density at radius 3 is 2.12 bits per heavy atom. The van der Waals surface area contributed by atoms with Gasteiger partial charge in [0.1, 0.15) is 0 Å². The lowest BCUT2D eigenvalue weighted by molar-refractivity contribution is -0.122. The first-order valence-electron chi connectivity index (χ1n) is 6.81. The number of amides is 1. The molecule has 0 radical (unpaired) electrons. The second-order valence-electron chi connectivity index (χ2n) is 4.75. The van der Waals surface area contributed by atoms with Gasteiger partial charge in [0.15, 0.2) is 0 Å². The minimum atomic E-state index is -0.0999. The first-order valence-corrected chi connectivity index (χ1v) is 6.81. The molecule has 2 saturated carbocycles. The van der Waals surface area contributed by atoms with E-state index in [1.807, 2.05) is 13.8 Å². The molecule has 0 bridgehead atoms. The van der Waals surface area contributed by atoms with Crippen LogP contribution >= 0.6 is 0 Å². The average molecular weight is 226 g/mol. The molecule has 3 N–H and O–H groups in total. The number of carbonyl (C=O) groups is 1. The van der Waals surface area contributed by atoms with Crippen molar-refractivity contribution in [3.63, 3.8) is 0 Å². The molecule has 2 atom stereocenters. The van der Waals surface area contributed by atoms with E-state index in [4.69, 9.17) is 5.73 Å². The zero-order chi connectivity index (χ0) is 12.0. The predicted octanol–water partition coefficient (Wildman–Crippen LogP) is 2.20. The van der Waals surface area contributed by atoms with E-state index in [0.717, 1.165) is 31.7 Å². The standard InChI is InChI=1S/C11H20N2O.C2H6/c12-11(14)8-2-1-3-9(5-4-8)13-10-6-7-10;1-2/h8-10,13H,1-7H2,(H2,12,14);1-2H3. The van der Waals surface area contributed by atoms with E-state index in [2.05, 4.69) is 5.32 Å². The number of hydrogen-bond acceptors (Lipinski definition) is 2. The molecule has 0 aromatic rings. The zero-order valence-electron chi connectivity index (χ0n) is 10.7. The highest BCUT2D eigenvalue weighted by Crippen LogP contribution is 2.26. The van der Waals surface area contributed by atoms with Gasteiger partial charge in [-0.05, 0) is 38.5 Å². The van der Waals surface area contributed by atoms with Crippen LogP contribution in [-0.2, 0) is 4.79 Å². The van der Waals surface area contributed by atoms with Crippen molar-refractivity contribution in [2.75, 3.05) is 0 Å². The van der Waals surface area contributed by atoms with Gasteiger partial charge in [-0.15, -0.1) is 0 Å². The molecular formula is C13H26N2O. The van der Waals surface area contributed by atoms with Gasteiger partial charge < -0.3 is 11.1 Å². The smallest absolute Gasteiger partial charge is 0.220 e. The summed E-state index contributed by atoms with van der Waals surface area (Å²) in [5.74, 6) is 0.0399. The molecule has 0 spiro atoms. The van der Waals surface area contributed by atoms with Gasteiger partial charge in [0.2, 0.25) is 5.91 Å². The van der Waals surface area contributed by atoms with Crippen LogP contribution in [0.4, 0.5) is 0 Å². The molecule has 1 amide bonds. The van der Waals surface area contributed by atoms with E-state index in [1.165, 1.54) is 19.3 Å². The van der Waals surface area contributed by atoms with Crippen LogP contribution in [0, 0.1) is 5.92 Å². The molecular weight excluding hydrogens is 200 g/mol.